The molecule has 256 valence electrons. The van der Waals surface area contributed by atoms with Gasteiger partial charge in [-0.05, 0) is 110 Å². The lowest BCUT2D eigenvalue weighted by Crippen LogP contribution is -2.48. The monoisotopic (exact) mass is 660 g/mol. The number of thioether (sulfide) groups is 1. The lowest BCUT2D eigenvalue weighted by Gasteiger charge is -2.53. The van der Waals surface area contributed by atoms with Crippen LogP contribution >= 0.6 is 11.8 Å². The molecule has 0 amide bonds. The lowest BCUT2D eigenvalue weighted by atomic mass is 9.52. The number of halogens is 5. The molecule has 3 aliphatic carbocycles. The number of benzene rings is 1. The summed E-state index contributed by atoms with van der Waals surface area (Å²) in [5, 5.41) is 10.2. The molecule has 0 aliphatic heterocycles. The number of alkyl halides is 5. The van der Waals surface area contributed by atoms with E-state index in [4.69, 9.17) is 4.74 Å². The summed E-state index contributed by atoms with van der Waals surface area (Å²) in [5.41, 5.74) is 2.80. The molecule has 6 atom stereocenters. The van der Waals surface area contributed by atoms with E-state index in [1.54, 1.807) is 0 Å². The van der Waals surface area contributed by atoms with Gasteiger partial charge in [-0.25, -0.2) is 0 Å². The van der Waals surface area contributed by atoms with Crippen LogP contribution in [0.25, 0.3) is 0 Å². The molecule has 0 saturated heterocycles. The molecule has 1 aromatic carbocycles. The minimum Gasteiger partial charge on any atom is -0.508 e. The van der Waals surface area contributed by atoms with Gasteiger partial charge in [0.25, 0.3) is 0 Å². The molecule has 4 rings (SSSR count). The number of phenolic OH excluding ortho intramolecular Hbond substituents is 1. The molecule has 45 heavy (non-hydrogen) atoms. The summed E-state index contributed by atoms with van der Waals surface area (Å²) in [6, 6.07) is 5.99. The molecule has 9 heteroatoms. The van der Waals surface area contributed by atoms with Crippen molar-refractivity contribution in [1.82, 2.24) is 0 Å². The number of rotatable bonds is 17. The molecule has 0 heterocycles. The maximum Gasteiger partial charge on any atom is 0.453 e. The Morgan fingerprint density at radius 1 is 0.933 bits per heavy atom. The van der Waals surface area contributed by atoms with Crippen molar-refractivity contribution in [1.29, 1.82) is 0 Å². The Labute approximate surface area is 270 Å². The van der Waals surface area contributed by atoms with E-state index < -0.39 is 18.5 Å². The number of carbonyl (C=O) groups is 1. The van der Waals surface area contributed by atoms with Crippen LogP contribution in [0.1, 0.15) is 134 Å². The van der Waals surface area contributed by atoms with Crippen molar-refractivity contribution in [3.8, 4) is 5.75 Å². The van der Waals surface area contributed by atoms with Gasteiger partial charge in [0.1, 0.15) is 11.9 Å². The number of fused-ring (bicyclic) bond motifs is 5. The molecule has 2 fully saturated rings. The van der Waals surface area contributed by atoms with Gasteiger partial charge in [0.2, 0.25) is 0 Å². The molecule has 1 aromatic rings. The van der Waals surface area contributed by atoms with Gasteiger partial charge < -0.3 is 9.84 Å². The molecule has 0 radical (unpaired) electrons. The smallest absolute Gasteiger partial charge is 0.453 e. The average molecular weight is 661 g/mol. The average Bonchev–Trinajstić information content (AvgIpc) is 3.29. The molecule has 1 N–H and O–H groups in total. The van der Waals surface area contributed by atoms with E-state index in [9.17, 15) is 31.9 Å². The van der Waals surface area contributed by atoms with Gasteiger partial charge in [-0.3, -0.25) is 4.79 Å². The van der Waals surface area contributed by atoms with Gasteiger partial charge >= 0.3 is 18.1 Å². The van der Waals surface area contributed by atoms with Gasteiger partial charge in [0.05, 0.1) is 0 Å². The molecular formula is C36H53F5O3S. The van der Waals surface area contributed by atoms with Crippen LogP contribution < -0.4 is 0 Å². The van der Waals surface area contributed by atoms with E-state index in [0.29, 0.717) is 35.2 Å². The van der Waals surface area contributed by atoms with Crippen molar-refractivity contribution in [2.45, 2.75) is 147 Å². The zero-order valence-electron chi connectivity index (χ0n) is 27.1. The highest BCUT2D eigenvalue weighted by atomic mass is 32.2. The zero-order chi connectivity index (χ0) is 32.7. The summed E-state index contributed by atoms with van der Waals surface area (Å²) in [6.45, 7) is 3.89. The zero-order valence-corrected chi connectivity index (χ0v) is 27.9. The second-order valence-corrected chi connectivity index (χ2v) is 15.5. The van der Waals surface area contributed by atoms with Gasteiger partial charge in [-0.2, -0.15) is 33.7 Å². The van der Waals surface area contributed by atoms with E-state index >= 15 is 0 Å². The summed E-state index contributed by atoms with van der Waals surface area (Å²) in [5.74, 6) is -0.966. The van der Waals surface area contributed by atoms with Crippen LogP contribution in [-0.2, 0) is 16.0 Å². The fourth-order valence-electron chi connectivity index (χ4n) is 8.89. The van der Waals surface area contributed by atoms with Crippen LogP contribution in [0.3, 0.4) is 0 Å². The van der Waals surface area contributed by atoms with E-state index in [1.807, 2.05) is 12.1 Å². The third-order valence-corrected chi connectivity index (χ3v) is 12.3. The number of esters is 1. The van der Waals surface area contributed by atoms with Gasteiger partial charge in [-0.15, -0.1) is 0 Å². The van der Waals surface area contributed by atoms with Crippen molar-refractivity contribution in [3.05, 3.63) is 29.3 Å². The largest absolute Gasteiger partial charge is 0.508 e. The fourth-order valence-corrected chi connectivity index (χ4v) is 9.85. The SMILES string of the molecule is CC(=O)O[C@H]1CCC2C3C(CCCCCCCCCCCSCCCC(F)(F)C(F)(F)F)Cc4cc(O)ccc4C3CC[C@@]21C. The second kappa shape index (κ2) is 16.1. The first-order valence-corrected chi connectivity index (χ1v) is 18.5. The highest BCUT2D eigenvalue weighted by molar-refractivity contribution is 7.99. The first-order valence-electron chi connectivity index (χ1n) is 17.3. The summed E-state index contributed by atoms with van der Waals surface area (Å²) >= 11 is 1.47. The predicted molar refractivity (Wildman–Crippen MR) is 171 cm³/mol. The number of hydrogen-bond acceptors (Lipinski definition) is 4. The minimum atomic E-state index is -5.44. The van der Waals surface area contributed by atoms with Gasteiger partial charge in [0, 0.05) is 18.8 Å². The molecule has 0 aromatic heterocycles. The van der Waals surface area contributed by atoms with E-state index in [-0.39, 0.29) is 23.9 Å². The Morgan fingerprint density at radius 3 is 2.24 bits per heavy atom. The molecule has 0 spiro atoms. The highest BCUT2D eigenvalue weighted by Gasteiger charge is 2.58. The standard InChI is InChI=1S/C36H53F5O3S/c1-25(42)44-32-17-16-31-33-26(23-27-24-28(43)14-15-29(27)30(33)18-20-34(31,32)2)13-10-8-6-4-3-5-7-9-11-21-45-22-12-19-35(37,38)36(39,40)41/h14-15,24,26,30-33,43H,3-13,16-23H2,1-2H3/t26?,30?,31?,32-,33?,34-/m0/s1. The number of unbranched alkanes of at least 4 members (excludes halogenated alkanes) is 8. The summed E-state index contributed by atoms with van der Waals surface area (Å²) in [7, 11) is 0. The third kappa shape index (κ3) is 9.31. The summed E-state index contributed by atoms with van der Waals surface area (Å²) in [6.07, 6.45) is 10.3. The van der Waals surface area contributed by atoms with Crippen molar-refractivity contribution in [3.63, 3.8) is 0 Å². The quantitative estimate of drug-likeness (QED) is 0.103. The number of ether oxygens (including phenoxy) is 1. The predicted octanol–water partition coefficient (Wildman–Crippen LogP) is 11.0. The topological polar surface area (TPSA) is 46.5 Å². The molecule has 2 saturated carbocycles. The van der Waals surface area contributed by atoms with Crippen LogP contribution in [0.15, 0.2) is 18.2 Å². The maximum absolute atomic E-state index is 12.9. The minimum absolute atomic E-state index is 0.0223. The van der Waals surface area contributed by atoms with Crippen molar-refractivity contribution >= 4 is 17.7 Å². The normalized spacial score (nSPS) is 27.9. The van der Waals surface area contributed by atoms with E-state index in [2.05, 4.69) is 13.0 Å². The number of hydrogen-bond donors (Lipinski definition) is 1. The first-order chi connectivity index (χ1) is 21.3. The van der Waals surface area contributed by atoms with Crippen LogP contribution in [0, 0.1) is 23.2 Å². The van der Waals surface area contributed by atoms with Crippen LogP contribution in [0.4, 0.5) is 22.0 Å². The van der Waals surface area contributed by atoms with Gasteiger partial charge in [-0.1, -0.05) is 64.4 Å². The van der Waals surface area contributed by atoms with Crippen LogP contribution in [0.5, 0.6) is 5.75 Å². The Hall–Kier alpha value is -1.51. The maximum atomic E-state index is 12.9. The molecule has 3 aliphatic rings. The van der Waals surface area contributed by atoms with E-state index in [1.165, 1.54) is 74.8 Å². The first kappa shape index (κ1) is 36.3. The number of aromatic hydroxyl groups is 1. The van der Waals surface area contributed by atoms with E-state index in [0.717, 1.165) is 57.1 Å². The Bertz CT molecular complexity index is 1090. The Kier molecular flexibility index (Phi) is 13.0. The lowest BCUT2D eigenvalue weighted by molar-refractivity contribution is -0.284. The number of phenols is 1. The Morgan fingerprint density at radius 2 is 1.58 bits per heavy atom. The second-order valence-electron chi connectivity index (χ2n) is 14.2. The summed E-state index contributed by atoms with van der Waals surface area (Å²) < 4.78 is 68.3. The fraction of sp³-hybridized carbons (Fsp3) is 0.806. The molecule has 3 nitrogen and oxygen atoms in total. The van der Waals surface area contributed by atoms with Crippen LogP contribution in [-0.4, -0.2) is 40.8 Å². The van der Waals surface area contributed by atoms with Crippen molar-refractivity contribution in [2.75, 3.05) is 11.5 Å². The third-order valence-electron chi connectivity index (χ3n) is 11.2. The molecule has 4 unspecified atom stereocenters. The summed E-state index contributed by atoms with van der Waals surface area (Å²) in [4.78, 5) is 11.9. The van der Waals surface area contributed by atoms with Gasteiger partial charge in [0.15, 0.2) is 0 Å². The van der Waals surface area contributed by atoms with Crippen molar-refractivity contribution in [2.24, 2.45) is 23.2 Å². The Balaban J connectivity index is 1.13. The van der Waals surface area contributed by atoms with Crippen LogP contribution in [0.2, 0.25) is 0 Å². The molecule has 0 bridgehead atoms. The van der Waals surface area contributed by atoms with Crippen molar-refractivity contribution < 1.29 is 36.6 Å². The molecular weight excluding hydrogens is 607 g/mol. The number of carbonyl (C=O) groups excluding carboxylic acids is 1. The highest BCUT2D eigenvalue weighted by Crippen LogP contribution is 2.63.